The molecule has 0 bridgehead atoms. The second kappa shape index (κ2) is 9.76. The van der Waals surface area contributed by atoms with Gasteiger partial charge in [0.05, 0.1) is 17.3 Å². The van der Waals surface area contributed by atoms with Crippen molar-refractivity contribution in [3.8, 4) is 11.4 Å². The van der Waals surface area contributed by atoms with Crippen molar-refractivity contribution in [3.63, 3.8) is 0 Å². The Labute approximate surface area is 230 Å². The summed E-state index contributed by atoms with van der Waals surface area (Å²) in [5.41, 5.74) is 4.80. The van der Waals surface area contributed by atoms with Crippen LogP contribution in [0, 0.1) is 13.8 Å². The Bertz CT molecular complexity index is 1580. The third kappa shape index (κ3) is 4.47. The molecule has 2 atom stereocenters. The average molecular weight is 555 g/mol. The van der Waals surface area contributed by atoms with Gasteiger partial charge in [0.15, 0.2) is 11.5 Å². The number of hydrogen-bond donors (Lipinski definition) is 1. The molecule has 40 heavy (non-hydrogen) atoms. The van der Waals surface area contributed by atoms with Gasteiger partial charge in [0.1, 0.15) is 11.6 Å². The zero-order valence-electron chi connectivity index (χ0n) is 23.3. The number of aryl methyl sites for hydroxylation is 3. The molecule has 3 aromatic heterocycles. The maximum Gasteiger partial charge on any atom is 0.435 e. The molecule has 1 fully saturated rings. The van der Waals surface area contributed by atoms with E-state index in [0.29, 0.717) is 31.2 Å². The second-order valence-electron chi connectivity index (χ2n) is 10.9. The number of rotatable bonds is 4. The van der Waals surface area contributed by atoms with E-state index in [1.807, 2.05) is 24.0 Å². The summed E-state index contributed by atoms with van der Waals surface area (Å²) in [6.07, 6.45) is -2.02. The van der Waals surface area contributed by atoms with Crippen molar-refractivity contribution in [2.45, 2.75) is 64.9 Å². The van der Waals surface area contributed by atoms with Crippen molar-refractivity contribution in [2.75, 3.05) is 30.0 Å². The van der Waals surface area contributed by atoms with E-state index in [9.17, 15) is 13.2 Å². The van der Waals surface area contributed by atoms with Gasteiger partial charge in [-0.15, -0.1) is 0 Å². The molecule has 212 valence electrons. The summed E-state index contributed by atoms with van der Waals surface area (Å²) in [4.78, 5) is 14.6. The molecule has 2 aliphatic rings. The van der Waals surface area contributed by atoms with E-state index < -0.39 is 11.9 Å². The van der Waals surface area contributed by atoms with Crippen LogP contribution in [0.5, 0.6) is 0 Å². The predicted octanol–water partition coefficient (Wildman–Crippen LogP) is 4.96. The fourth-order valence-electron chi connectivity index (χ4n) is 6.15. The van der Waals surface area contributed by atoms with E-state index in [1.54, 1.807) is 14.2 Å². The minimum absolute atomic E-state index is 0.169. The number of alkyl halides is 3. The van der Waals surface area contributed by atoms with Crippen molar-refractivity contribution in [3.05, 3.63) is 46.4 Å². The molecule has 6 rings (SSSR count). The quantitative estimate of drug-likeness (QED) is 0.382. The number of nitrogens with zero attached hydrogens (tertiary/aromatic N) is 7. The molecule has 0 spiro atoms. The normalized spacial score (nSPS) is 19.9. The Kier molecular flexibility index (Phi) is 6.47. The topological polar surface area (TPSA) is 88.0 Å². The molecule has 12 heteroatoms. The first kappa shape index (κ1) is 26.5. The molecule has 1 N–H and O–H groups in total. The van der Waals surface area contributed by atoms with Crippen LogP contribution in [-0.2, 0) is 30.9 Å². The summed E-state index contributed by atoms with van der Waals surface area (Å²) in [5, 5.41) is 12.3. The first-order valence-electron chi connectivity index (χ1n) is 13.5. The van der Waals surface area contributed by atoms with Crippen LogP contribution < -0.4 is 9.80 Å². The Hall–Kier alpha value is -3.67. The lowest BCUT2D eigenvalue weighted by Crippen LogP contribution is -2.45. The van der Waals surface area contributed by atoms with E-state index >= 15 is 0 Å². The minimum atomic E-state index is -4.50. The number of fused-ring (bicyclic) bond motifs is 2. The van der Waals surface area contributed by atoms with Crippen LogP contribution in [-0.4, -0.2) is 62.3 Å². The Balaban J connectivity index is 1.48. The molecule has 4 aromatic rings. The number of nitrogens with one attached hydrogen (secondary N) is 1. The number of H-pyrrole nitrogens is 1. The number of halogens is 3. The Morgan fingerprint density at radius 1 is 1.12 bits per heavy atom. The van der Waals surface area contributed by atoms with Gasteiger partial charge in [0.2, 0.25) is 0 Å². The molecular formula is C28H33F3N8O. The van der Waals surface area contributed by atoms with Gasteiger partial charge in [-0.25, -0.2) is 9.97 Å². The fraction of sp³-hybridized carbons (Fsp3) is 0.500. The summed E-state index contributed by atoms with van der Waals surface area (Å²) >= 11 is 0. The molecule has 1 aromatic carbocycles. The van der Waals surface area contributed by atoms with Crippen LogP contribution in [0.15, 0.2) is 18.2 Å². The highest BCUT2D eigenvalue weighted by molar-refractivity contribution is 5.96. The predicted molar refractivity (Wildman–Crippen MR) is 146 cm³/mol. The number of piperidine rings is 1. The smallest absolute Gasteiger partial charge is 0.381 e. The van der Waals surface area contributed by atoms with Gasteiger partial charge in [-0.2, -0.15) is 23.4 Å². The molecular weight excluding hydrogens is 521 g/mol. The zero-order chi connectivity index (χ0) is 28.3. The lowest BCUT2D eigenvalue weighted by atomic mass is 9.97. The number of ether oxygens (including phenoxy) is 1. The molecule has 0 amide bonds. The highest BCUT2D eigenvalue weighted by Crippen LogP contribution is 2.38. The molecule has 9 nitrogen and oxygen atoms in total. The third-order valence-corrected chi connectivity index (χ3v) is 8.28. The molecule has 0 radical (unpaired) electrons. The first-order valence-corrected chi connectivity index (χ1v) is 13.5. The maximum absolute atomic E-state index is 13.4. The molecule has 0 saturated carbocycles. The van der Waals surface area contributed by atoms with Crippen LogP contribution in [0.2, 0.25) is 0 Å². The molecule has 0 unspecified atom stereocenters. The van der Waals surface area contributed by atoms with Crippen LogP contribution in [0.1, 0.15) is 48.0 Å². The monoisotopic (exact) mass is 554 g/mol. The third-order valence-electron chi connectivity index (χ3n) is 8.28. The van der Waals surface area contributed by atoms with Crippen LogP contribution in [0.4, 0.5) is 24.8 Å². The van der Waals surface area contributed by atoms with Crippen LogP contribution >= 0.6 is 0 Å². The van der Waals surface area contributed by atoms with Gasteiger partial charge >= 0.3 is 6.18 Å². The molecule has 2 aliphatic heterocycles. The van der Waals surface area contributed by atoms with Crippen molar-refractivity contribution < 1.29 is 17.9 Å². The van der Waals surface area contributed by atoms with Gasteiger partial charge in [-0.1, -0.05) is 6.07 Å². The number of hydrogen-bond acceptors (Lipinski definition) is 7. The van der Waals surface area contributed by atoms with Gasteiger partial charge in [0.25, 0.3) is 0 Å². The van der Waals surface area contributed by atoms with Crippen molar-refractivity contribution in [2.24, 2.45) is 7.05 Å². The molecule has 5 heterocycles. The lowest BCUT2D eigenvalue weighted by Gasteiger charge is -2.40. The summed E-state index contributed by atoms with van der Waals surface area (Å²) in [6, 6.07) is 5.32. The lowest BCUT2D eigenvalue weighted by molar-refractivity contribution is -0.141. The average Bonchev–Trinajstić information content (AvgIpc) is 3.50. The van der Waals surface area contributed by atoms with E-state index in [1.165, 1.54) is 4.68 Å². The standard InChI is InChI=1S/C28H33F3N8O/c1-15-6-7-21-25(17(3)34-35-21)24(15)26-32-20-9-10-38(23-13-22(28(29,30)31)36-37(23)4)14-19(20)27(33-26)39-11-8-18(40-5)12-16(39)2/h6-7,13,16,18H,8-12,14H2,1-5H3,(H,34,35)/t16-,18-/m1/s1. The summed E-state index contributed by atoms with van der Waals surface area (Å²) in [6.45, 7) is 7.90. The fourth-order valence-corrected chi connectivity index (χ4v) is 6.15. The van der Waals surface area contributed by atoms with E-state index in [2.05, 4.69) is 34.0 Å². The van der Waals surface area contributed by atoms with E-state index in [4.69, 9.17) is 14.7 Å². The maximum atomic E-state index is 13.4. The Morgan fingerprint density at radius 2 is 1.93 bits per heavy atom. The van der Waals surface area contributed by atoms with Gasteiger partial charge in [0, 0.05) is 74.5 Å². The largest absolute Gasteiger partial charge is 0.435 e. The summed E-state index contributed by atoms with van der Waals surface area (Å²) in [7, 11) is 3.30. The number of methoxy groups -OCH3 is 1. The first-order chi connectivity index (χ1) is 19.0. The number of aromatic amines is 1. The minimum Gasteiger partial charge on any atom is -0.381 e. The van der Waals surface area contributed by atoms with E-state index in [-0.39, 0.29) is 12.1 Å². The SMILES string of the molecule is CO[C@@H]1CCN(c2nc(-c3c(C)ccc4n[nH]c(C)c34)nc3c2CN(c2cc(C(F)(F)F)nn2C)CC3)[C@H](C)C1. The number of benzene rings is 1. The number of anilines is 2. The van der Waals surface area contributed by atoms with Gasteiger partial charge in [-0.3, -0.25) is 9.78 Å². The number of aromatic nitrogens is 6. The van der Waals surface area contributed by atoms with Crippen molar-refractivity contribution in [1.29, 1.82) is 0 Å². The van der Waals surface area contributed by atoms with Gasteiger partial charge in [-0.05, 0) is 45.2 Å². The van der Waals surface area contributed by atoms with Gasteiger partial charge < -0.3 is 14.5 Å². The second-order valence-corrected chi connectivity index (χ2v) is 10.9. The highest BCUT2D eigenvalue weighted by Gasteiger charge is 2.37. The van der Waals surface area contributed by atoms with Crippen molar-refractivity contribution >= 4 is 22.5 Å². The van der Waals surface area contributed by atoms with E-state index in [0.717, 1.165) is 70.3 Å². The van der Waals surface area contributed by atoms with Crippen molar-refractivity contribution in [1.82, 2.24) is 29.9 Å². The summed E-state index contributed by atoms with van der Waals surface area (Å²) in [5.74, 6) is 1.91. The molecule has 0 aliphatic carbocycles. The van der Waals surface area contributed by atoms with Crippen LogP contribution in [0.25, 0.3) is 22.3 Å². The Morgan fingerprint density at radius 3 is 2.62 bits per heavy atom. The summed E-state index contributed by atoms with van der Waals surface area (Å²) < 4.78 is 47.2. The zero-order valence-corrected chi connectivity index (χ0v) is 23.3. The molecule has 1 saturated heterocycles. The highest BCUT2D eigenvalue weighted by atomic mass is 19.4. The van der Waals surface area contributed by atoms with Crippen LogP contribution in [0.3, 0.4) is 0 Å².